The fraction of sp³-hybridized carbons (Fsp3) is 0.385. The summed E-state index contributed by atoms with van der Waals surface area (Å²) in [5.41, 5.74) is 1.34. The molecule has 21 heavy (non-hydrogen) atoms. The molecule has 8 heteroatoms. The molecule has 0 unspecified atom stereocenters. The summed E-state index contributed by atoms with van der Waals surface area (Å²) in [6, 6.07) is 6.88. The van der Waals surface area contributed by atoms with Crippen LogP contribution in [0.15, 0.2) is 30.6 Å². The van der Waals surface area contributed by atoms with Gasteiger partial charge in [-0.05, 0) is 11.1 Å². The Balaban J connectivity index is 1.89. The van der Waals surface area contributed by atoms with Crippen molar-refractivity contribution < 1.29 is 13.5 Å². The number of hydrogen-bond acceptors (Lipinski definition) is 5. The van der Waals surface area contributed by atoms with Gasteiger partial charge in [0.1, 0.15) is 6.33 Å². The van der Waals surface area contributed by atoms with E-state index in [2.05, 4.69) is 14.8 Å². The lowest BCUT2D eigenvalue weighted by Crippen LogP contribution is -2.27. The zero-order chi connectivity index (χ0) is 15.3. The highest BCUT2D eigenvalue weighted by Crippen LogP contribution is 2.08. The van der Waals surface area contributed by atoms with Crippen LogP contribution in [0.3, 0.4) is 0 Å². The maximum atomic E-state index is 12.0. The summed E-state index contributed by atoms with van der Waals surface area (Å²) < 4.78 is 28.0. The molecule has 0 aliphatic heterocycles. The monoisotopic (exact) mass is 310 g/mol. The van der Waals surface area contributed by atoms with Gasteiger partial charge in [-0.25, -0.2) is 18.1 Å². The Morgan fingerprint density at radius 2 is 2.10 bits per heavy atom. The van der Waals surface area contributed by atoms with Crippen LogP contribution < -0.4 is 4.72 Å². The van der Waals surface area contributed by atoms with E-state index >= 15 is 0 Å². The van der Waals surface area contributed by atoms with Crippen molar-refractivity contribution >= 4 is 10.0 Å². The molecule has 0 spiro atoms. The fourth-order valence-electron chi connectivity index (χ4n) is 1.91. The lowest BCUT2D eigenvalue weighted by atomic mass is 10.1. The summed E-state index contributed by atoms with van der Waals surface area (Å²) in [5.74, 6) is 0.485. The number of nitrogens with one attached hydrogen (secondary N) is 1. The molecule has 0 atom stereocenters. The Labute approximate surface area is 123 Å². The van der Waals surface area contributed by atoms with Gasteiger partial charge in [0.25, 0.3) is 0 Å². The zero-order valence-corrected chi connectivity index (χ0v) is 12.5. The molecule has 1 aromatic heterocycles. The number of sulfonamides is 1. The number of aryl methyl sites for hydroxylation is 1. The Kier molecular flexibility index (Phi) is 5.05. The third-order valence-corrected chi connectivity index (χ3v) is 4.21. The number of aromatic nitrogens is 3. The summed E-state index contributed by atoms with van der Waals surface area (Å²) in [6.07, 6.45) is 2.01. The van der Waals surface area contributed by atoms with Crippen molar-refractivity contribution in [2.45, 2.75) is 18.8 Å². The summed E-state index contributed by atoms with van der Waals surface area (Å²) in [7, 11) is -1.66. The Hall–Kier alpha value is -1.77. The molecule has 0 fully saturated rings. The van der Waals surface area contributed by atoms with Gasteiger partial charge in [0.05, 0.1) is 12.4 Å². The Morgan fingerprint density at radius 1 is 1.33 bits per heavy atom. The smallest absolute Gasteiger partial charge is 0.215 e. The quantitative estimate of drug-likeness (QED) is 0.748. The predicted octanol–water partition coefficient (Wildman–Crippen LogP) is -0.0305. The van der Waals surface area contributed by atoms with E-state index in [1.807, 2.05) is 0 Å². The fourth-order valence-corrected chi connectivity index (χ4v) is 3.04. The molecule has 0 aliphatic rings. The van der Waals surface area contributed by atoms with E-state index in [0.717, 1.165) is 0 Å². The van der Waals surface area contributed by atoms with Crippen molar-refractivity contribution in [1.82, 2.24) is 19.5 Å². The van der Waals surface area contributed by atoms with E-state index in [9.17, 15) is 8.42 Å². The molecular formula is C13H18N4O3S. The first-order valence-electron chi connectivity index (χ1n) is 6.49. The minimum Gasteiger partial charge on any atom is -0.392 e. The maximum absolute atomic E-state index is 12.0. The van der Waals surface area contributed by atoms with E-state index in [4.69, 9.17) is 5.11 Å². The summed E-state index contributed by atoms with van der Waals surface area (Å²) in [6.45, 7) is 0.151. The van der Waals surface area contributed by atoms with Gasteiger partial charge < -0.3 is 5.11 Å². The van der Waals surface area contributed by atoms with Crippen molar-refractivity contribution in [3.05, 3.63) is 47.5 Å². The third-order valence-electron chi connectivity index (χ3n) is 2.85. The van der Waals surface area contributed by atoms with Gasteiger partial charge in [-0.1, -0.05) is 24.3 Å². The molecule has 2 N–H and O–H groups in total. The van der Waals surface area contributed by atoms with Crippen LogP contribution >= 0.6 is 0 Å². The average molecular weight is 310 g/mol. The van der Waals surface area contributed by atoms with Gasteiger partial charge in [-0.15, -0.1) is 0 Å². The SMILES string of the molecule is Cn1cnc(CCNS(=O)(=O)Cc2cccc(CO)c2)n1. The van der Waals surface area contributed by atoms with Crippen LogP contribution in [-0.4, -0.2) is 34.8 Å². The molecule has 0 aliphatic carbocycles. The van der Waals surface area contributed by atoms with Crippen LogP contribution in [0.5, 0.6) is 0 Å². The van der Waals surface area contributed by atoms with Crippen LogP contribution in [-0.2, 0) is 35.9 Å². The van der Waals surface area contributed by atoms with Gasteiger partial charge in [0.15, 0.2) is 5.82 Å². The maximum Gasteiger partial charge on any atom is 0.215 e. The number of hydrogen-bond donors (Lipinski definition) is 2. The van der Waals surface area contributed by atoms with E-state index in [0.29, 0.717) is 23.4 Å². The zero-order valence-electron chi connectivity index (χ0n) is 11.7. The number of aliphatic hydroxyl groups excluding tert-OH is 1. The van der Waals surface area contributed by atoms with Crippen LogP contribution in [0.4, 0.5) is 0 Å². The highest BCUT2D eigenvalue weighted by molar-refractivity contribution is 7.88. The van der Waals surface area contributed by atoms with Gasteiger partial charge in [-0.3, -0.25) is 4.68 Å². The topological polar surface area (TPSA) is 97.1 Å². The van der Waals surface area contributed by atoms with Crippen molar-refractivity contribution in [1.29, 1.82) is 0 Å². The largest absolute Gasteiger partial charge is 0.392 e. The van der Waals surface area contributed by atoms with Crippen LogP contribution in [0.25, 0.3) is 0 Å². The molecule has 0 bridgehead atoms. The average Bonchev–Trinajstić information content (AvgIpc) is 2.84. The summed E-state index contributed by atoms with van der Waals surface area (Å²) >= 11 is 0. The van der Waals surface area contributed by atoms with E-state index in [1.54, 1.807) is 42.3 Å². The lowest BCUT2D eigenvalue weighted by molar-refractivity contribution is 0.282. The number of nitrogens with zero attached hydrogens (tertiary/aromatic N) is 3. The molecule has 1 heterocycles. The second kappa shape index (κ2) is 6.79. The molecule has 0 saturated heterocycles. The van der Waals surface area contributed by atoms with Crippen LogP contribution in [0, 0.1) is 0 Å². The number of aliphatic hydroxyl groups is 1. The molecule has 2 rings (SSSR count). The van der Waals surface area contributed by atoms with Gasteiger partial charge in [-0.2, -0.15) is 5.10 Å². The first kappa shape index (κ1) is 15.6. The predicted molar refractivity (Wildman–Crippen MR) is 77.7 cm³/mol. The van der Waals surface area contributed by atoms with Gasteiger partial charge >= 0.3 is 0 Å². The van der Waals surface area contributed by atoms with Crippen LogP contribution in [0.2, 0.25) is 0 Å². The number of rotatable bonds is 7. The van der Waals surface area contributed by atoms with E-state index in [-0.39, 0.29) is 18.9 Å². The minimum atomic E-state index is -3.42. The van der Waals surface area contributed by atoms with Crippen LogP contribution in [0.1, 0.15) is 17.0 Å². The standard InChI is InChI=1S/C13H18N4O3S/c1-17-10-14-13(16-17)5-6-15-21(19,20)9-12-4-2-3-11(7-12)8-18/h2-4,7,10,15,18H,5-6,8-9H2,1H3. The van der Waals surface area contributed by atoms with Gasteiger partial charge in [0.2, 0.25) is 10.0 Å². The van der Waals surface area contributed by atoms with Crippen molar-refractivity contribution in [3.63, 3.8) is 0 Å². The minimum absolute atomic E-state index is 0.105. The molecule has 1 aromatic carbocycles. The normalized spacial score (nSPS) is 11.7. The molecule has 0 saturated carbocycles. The molecule has 0 radical (unpaired) electrons. The highest BCUT2D eigenvalue weighted by Gasteiger charge is 2.12. The first-order valence-corrected chi connectivity index (χ1v) is 8.14. The van der Waals surface area contributed by atoms with Gasteiger partial charge in [0, 0.05) is 20.0 Å². The second-order valence-corrected chi connectivity index (χ2v) is 6.52. The molecular weight excluding hydrogens is 292 g/mol. The highest BCUT2D eigenvalue weighted by atomic mass is 32.2. The Bertz CT molecular complexity index is 697. The third kappa shape index (κ3) is 4.92. The Morgan fingerprint density at radius 3 is 2.76 bits per heavy atom. The molecule has 2 aromatic rings. The number of benzene rings is 1. The van der Waals surface area contributed by atoms with E-state index < -0.39 is 10.0 Å². The molecule has 0 amide bonds. The molecule has 7 nitrogen and oxygen atoms in total. The lowest BCUT2D eigenvalue weighted by Gasteiger charge is -2.07. The summed E-state index contributed by atoms with van der Waals surface area (Å²) in [4.78, 5) is 4.03. The van der Waals surface area contributed by atoms with E-state index in [1.165, 1.54) is 0 Å². The van der Waals surface area contributed by atoms with Crippen molar-refractivity contribution in [2.24, 2.45) is 7.05 Å². The van der Waals surface area contributed by atoms with Crippen molar-refractivity contribution in [3.8, 4) is 0 Å². The second-order valence-electron chi connectivity index (χ2n) is 4.72. The first-order chi connectivity index (χ1) is 9.98. The molecule has 114 valence electrons. The van der Waals surface area contributed by atoms with Crippen molar-refractivity contribution in [2.75, 3.05) is 6.54 Å². The summed E-state index contributed by atoms with van der Waals surface area (Å²) in [5, 5.41) is 13.1.